The molecule has 0 radical (unpaired) electrons. The monoisotopic (exact) mass is 335 g/mol. The number of hydrogen-bond acceptors (Lipinski definition) is 4. The first-order valence-corrected chi connectivity index (χ1v) is 8.40. The topological polar surface area (TPSA) is 37.8 Å². The Morgan fingerprint density at radius 1 is 0.958 bits per heavy atom. The highest BCUT2D eigenvalue weighted by Gasteiger charge is 2.17. The highest BCUT2D eigenvalue weighted by Crippen LogP contribution is 2.31. The first-order chi connectivity index (χ1) is 11.8. The molecule has 4 rings (SSSR count). The molecule has 0 saturated carbocycles. The highest BCUT2D eigenvalue weighted by atomic mass is 32.1. The summed E-state index contributed by atoms with van der Waals surface area (Å²) in [4.78, 5) is 9.04. The first kappa shape index (κ1) is 14.8. The lowest BCUT2D eigenvalue weighted by Crippen LogP contribution is -2.13. The van der Waals surface area contributed by atoms with Gasteiger partial charge in [0.15, 0.2) is 5.13 Å². The van der Waals surface area contributed by atoms with Crippen LogP contribution in [0, 0.1) is 5.82 Å². The summed E-state index contributed by atoms with van der Waals surface area (Å²) in [5.41, 5.74) is 2.58. The minimum Gasteiger partial charge on any atom is -0.349 e. The van der Waals surface area contributed by atoms with Crippen LogP contribution in [0.2, 0.25) is 0 Å². The molecule has 0 amide bonds. The van der Waals surface area contributed by atoms with Gasteiger partial charge in [-0.3, -0.25) is 4.98 Å². The minimum atomic E-state index is -0.264. The van der Waals surface area contributed by atoms with Gasteiger partial charge in [-0.15, -0.1) is 0 Å². The van der Waals surface area contributed by atoms with Crippen LogP contribution in [-0.4, -0.2) is 9.97 Å². The van der Waals surface area contributed by atoms with E-state index in [4.69, 9.17) is 0 Å². The van der Waals surface area contributed by atoms with Crippen LogP contribution in [0.25, 0.3) is 10.2 Å². The maximum Gasteiger partial charge on any atom is 0.184 e. The number of para-hydroxylation sites is 1. The number of thiazole rings is 1. The van der Waals surface area contributed by atoms with E-state index in [1.54, 1.807) is 23.6 Å². The van der Waals surface area contributed by atoms with Gasteiger partial charge in [-0.25, -0.2) is 9.37 Å². The molecule has 0 aliphatic heterocycles. The Morgan fingerprint density at radius 2 is 1.83 bits per heavy atom. The summed E-state index contributed by atoms with van der Waals surface area (Å²) in [6.07, 6.45) is 1.74. The van der Waals surface area contributed by atoms with E-state index < -0.39 is 0 Å². The van der Waals surface area contributed by atoms with E-state index in [0.717, 1.165) is 26.6 Å². The molecule has 0 bridgehead atoms. The molecule has 0 aliphatic rings. The third-order valence-electron chi connectivity index (χ3n) is 3.73. The van der Waals surface area contributed by atoms with Crippen molar-refractivity contribution in [3.05, 3.63) is 90.0 Å². The van der Waals surface area contributed by atoms with Crippen molar-refractivity contribution in [3.63, 3.8) is 0 Å². The number of hydrogen-bond donors (Lipinski definition) is 1. The van der Waals surface area contributed by atoms with Crippen molar-refractivity contribution in [2.45, 2.75) is 6.04 Å². The van der Waals surface area contributed by atoms with Crippen molar-refractivity contribution in [1.82, 2.24) is 9.97 Å². The van der Waals surface area contributed by atoms with E-state index in [0.29, 0.717) is 0 Å². The molecular weight excluding hydrogens is 321 g/mol. The van der Waals surface area contributed by atoms with Crippen molar-refractivity contribution in [1.29, 1.82) is 0 Å². The minimum absolute atomic E-state index is 0.262. The fourth-order valence-electron chi connectivity index (χ4n) is 2.62. The maximum absolute atomic E-state index is 13.7. The number of halogens is 1. The normalized spacial score (nSPS) is 12.2. The third-order valence-corrected chi connectivity index (χ3v) is 4.69. The molecule has 1 N–H and O–H groups in total. The lowest BCUT2D eigenvalue weighted by Gasteiger charge is -2.18. The number of fused-ring (bicyclic) bond motifs is 1. The zero-order chi connectivity index (χ0) is 16.4. The van der Waals surface area contributed by atoms with Crippen LogP contribution >= 0.6 is 11.3 Å². The average Bonchev–Trinajstić information content (AvgIpc) is 3.03. The van der Waals surface area contributed by atoms with E-state index >= 15 is 0 Å². The van der Waals surface area contributed by atoms with Gasteiger partial charge >= 0.3 is 0 Å². The molecule has 3 nitrogen and oxygen atoms in total. The smallest absolute Gasteiger partial charge is 0.184 e. The Balaban J connectivity index is 1.75. The molecular formula is C19H14FN3S. The second kappa shape index (κ2) is 6.37. The Hall–Kier alpha value is -2.79. The second-order valence-electron chi connectivity index (χ2n) is 5.37. The molecule has 5 heteroatoms. The van der Waals surface area contributed by atoms with Crippen LogP contribution in [0.15, 0.2) is 72.9 Å². The van der Waals surface area contributed by atoms with E-state index in [1.807, 2.05) is 48.5 Å². The van der Waals surface area contributed by atoms with Crippen LogP contribution < -0.4 is 5.32 Å². The van der Waals surface area contributed by atoms with Gasteiger partial charge < -0.3 is 5.32 Å². The molecule has 2 aromatic heterocycles. The largest absolute Gasteiger partial charge is 0.349 e. The number of pyridine rings is 1. The molecule has 0 spiro atoms. The summed E-state index contributed by atoms with van der Waals surface area (Å²) >= 11 is 1.58. The van der Waals surface area contributed by atoms with Crippen LogP contribution in [0.5, 0.6) is 0 Å². The second-order valence-corrected chi connectivity index (χ2v) is 6.40. The Labute approximate surface area is 142 Å². The molecule has 24 heavy (non-hydrogen) atoms. The van der Waals surface area contributed by atoms with Gasteiger partial charge in [-0.1, -0.05) is 41.7 Å². The van der Waals surface area contributed by atoms with E-state index in [1.165, 1.54) is 12.1 Å². The lowest BCUT2D eigenvalue weighted by molar-refractivity contribution is 0.624. The number of nitrogens with one attached hydrogen (secondary N) is 1. The van der Waals surface area contributed by atoms with Crippen LogP contribution in [0.3, 0.4) is 0 Å². The maximum atomic E-state index is 13.7. The van der Waals surface area contributed by atoms with Crippen molar-refractivity contribution in [2.24, 2.45) is 0 Å². The standard InChI is InChI=1S/C19H14FN3S/c20-14-7-5-6-13(12-14)18(16-9-3-4-11-21-16)23-19-22-15-8-1-2-10-17(15)24-19/h1-12,18H,(H,22,23). The molecule has 2 heterocycles. The third kappa shape index (κ3) is 2.98. The quantitative estimate of drug-likeness (QED) is 0.568. The Kier molecular flexibility index (Phi) is 3.92. The molecule has 0 aliphatic carbocycles. The van der Waals surface area contributed by atoms with Gasteiger partial charge in [-0.05, 0) is 42.0 Å². The Bertz CT molecular complexity index is 935. The summed E-state index contributed by atoms with van der Waals surface area (Å²) in [6.45, 7) is 0. The number of benzene rings is 2. The number of aromatic nitrogens is 2. The van der Waals surface area contributed by atoms with E-state index in [2.05, 4.69) is 15.3 Å². The molecule has 2 aromatic carbocycles. The molecule has 118 valence electrons. The van der Waals surface area contributed by atoms with E-state index in [9.17, 15) is 4.39 Å². The fraction of sp³-hybridized carbons (Fsp3) is 0.0526. The molecule has 1 atom stereocenters. The van der Waals surface area contributed by atoms with Gasteiger partial charge in [0.25, 0.3) is 0 Å². The number of anilines is 1. The first-order valence-electron chi connectivity index (χ1n) is 7.58. The highest BCUT2D eigenvalue weighted by molar-refractivity contribution is 7.22. The summed E-state index contributed by atoms with van der Waals surface area (Å²) in [7, 11) is 0. The van der Waals surface area contributed by atoms with Crippen LogP contribution in [0.1, 0.15) is 17.3 Å². The zero-order valence-corrected chi connectivity index (χ0v) is 13.5. The molecule has 1 unspecified atom stereocenters. The van der Waals surface area contributed by atoms with Gasteiger partial charge in [-0.2, -0.15) is 0 Å². The van der Waals surface area contributed by atoms with Gasteiger partial charge in [0.2, 0.25) is 0 Å². The molecule has 0 fully saturated rings. The number of rotatable bonds is 4. The van der Waals surface area contributed by atoms with Crippen LogP contribution in [-0.2, 0) is 0 Å². The van der Waals surface area contributed by atoms with Crippen molar-refractivity contribution >= 4 is 26.7 Å². The lowest BCUT2D eigenvalue weighted by atomic mass is 10.0. The number of nitrogens with zero attached hydrogens (tertiary/aromatic N) is 2. The summed E-state index contributed by atoms with van der Waals surface area (Å²) in [6, 6.07) is 20.0. The van der Waals surface area contributed by atoms with Crippen molar-refractivity contribution in [2.75, 3.05) is 5.32 Å². The summed E-state index contributed by atoms with van der Waals surface area (Å²) < 4.78 is 14.8. The predicted octanol–water partition coefficient (Wildman–Crippen LogP) is 5.03. The average molecular weight is 335 g/mol. The fourth-order valence-corrected chi connectivity index (χ4v) is 3.51. The zero-order valence-electron chi connectivity index (χ0n) is 12.7. The van der Waals surface area contributed by atoms with Crippen molar-refractivity contribution < 1.29 is 4.39 Å². The summed E-state index contributed by atoms with van der Waals surface area (Å²) in [5.74, 6) is -0.264. The molecule has 4 aromatic rings. The van der Waals surface area contributed by atoms with Gasteiger partial charge in [0.1, 0.15) is 5.82 Å². The predicted molar refractivity (Wildman–Crippen MR) is 95.7 cm³/mol. The molecule has 0 saturated heterocycles. The Morgan fingerprint density at radius 3 is 2.62 bits per heavy atom. The van der Waals surface area contributed by atoms with Gasteiger partial charge in [0.05, 0.1) is 22.0 Å². The van der Waals surface area contributed by atoms with Crippen LogP contribution in [0.4, 0.5) is 9.52 Å². The van der Waals surface area contributed by atoms with Gasteiger partial charge in [0, 0.05) is 6.20 Å². The SMILES string of the molecule is Fc1cccc(C(Nc2nc3ccccc3s2)c2ccccn2)c1. The van der Waals surface area contributed by atoms with Crippen molar-refractivity contribution in [3.8, 4) is 0 Å². The van der Waals surface area contributed by atoms with E-state index in [-0.39, 0.29) is 11.9 Å². The summed E-state index contributed by atoms with van der Waals surface area (Å²) in [5, 5.41) is 4.19.